The molecule has 0 fully saturated rings. The molecule has 0 aliphatic rings. The Bertz CT molecular complexity index is 1260. The summed E-state index contributed by atoms with van der Waals surface area (Å²) in [7, 11) is 1.76. The van der Waals surface area contributed by atoms with Gasteiger partial charge in [0, 0.05) is 24.8 Å². The smallest absolute Gasteiger partial charge is 0.291 e. The highest BCUT2D eigenvalue weighted by atomic mass is 32.1. The molecular weight excluding hydrogens is 443 g/mol. The summed E-state index contributed by atoms with van der Waals surface area (Å²) >= 11 is 1.24. The van der Waals surface area contributed by atoms with Gasteiger partial charge >= 0.3 is 0 Å². The molecule has 0 aliphatic heterocycles. The highest BCUT2D eigenvalue weighted by Gasteiger charge is 2.19. The first-order chi connectivity index (χ1) is 15.9. The van der Waals surface area contributed by atoms with Crippen molar-refractivity contribution in [2.24, 2.45) is 0 Å². The second-order valence-corrected chi connectivity index (χ2v) is 8.73. The van der Waals surface area contributed by atoms with Crippen molar-refractivity contribution in [3.63, 3.8) is 0 Å². The van der Waals surface area contributed by atoms with Crippen molar-refractivity contribution in [2.75, 3.05) is 18.9 Å². The number of carbonyl (C=O) groups excluding carboxylic acids is 2. The second-order valence-electron chi connectivity index (χ2n) is 7.67. The van der Waals surface area contributed by atoms with Crippen LogP contribution in [0.15, 0.2) is 59.2 Å². The quantitative estimate of drug-likeness (QED) is 0.376. The Hall–Kier alpha value is -3.72. The minimum atomic E-state index is -0.356. The predicted octanol–water partition coefficient (Wildman–Crippen LogP) is 5.14. The highest BCUT2D eigenvalue weighted by Crippen LogP contribution is 2.28. The molecule has 4 rings (SSSR count). The molecule has 0 aliphatic carbocycles. The molecule has 0 saturated carbocycles. The van der Waals surface area contributed by atoms with Crippen molar-refractivity contribution >= 4 is 28.2 Å². The second kappa shape index (κ2) is 9.83. The first-order valence-electron chi connectivity index (χ1n) is 10.4. The third-order valence-corrected chi connectivity index (χ3v) is 6.27. The van der Waals surface area contributed by atoms with Crippen LogP contribution in [0.5, 0.6) is 0 Å². The van der Waals surface area contributed by atoms with Crippen LogP contribution in [0.4, 0.5) is 9.39 Å². The van der Waals surface area contributed by atoms with Gasteiger partial charge in [0.2, 0.25) is 0 Å². The fraction of sp³-hybridized carbons (Fsp3) is 0.208. The minimum Gasteiger partial charge on any atom is -0.459 e. The van der Waals surface area contributed by atoms with Crippen LogP contribution in [0.1, 0.15) is 37.9 Å². The van der Waals surface area contributed by atoms with E-state index in [-0.39, 0.29) is 23.4 Å². The molecule has 0 radical (unpaired) electrons. The molecule has 170 valence electrons. The van der Waals surface area contributed by atoms with Gasteiger partial charge in [0.15, 0.2) is 5.76 Å². The van der Waals surface area contributed by atoms with Crippen LogP contribution in [0.3, 0.4) is 0 Å². The van der Waals surface area contributed by atoms with Gasteiger partial charge in [-0.15, -0.1) is 11.3 Å². The number of aromatic amines is 1. The molecule has 3 heterocycles. The van der Waals surface area contributed by atoms with Crippen LogP contribution >= 0.6 is 11.3 Å². The molecule has 2 amide bonds. The maximum atomic E-state index is 13.4. The lowest BCUT2D eigenvalue weighted by molar-refractivity contribution is 0.0797. The van der Waals surface area contributed by atoms with Crippen molar-refractivity contribution in [1.29, 1.82) is 0 Å². The number of hydrogen-bond acceptors (Lipinski definition) is 5. The molecule has 2 N–H and O–H groups in total. The number of nitrogens with zero attached hydrogens (tertiary/aromatic N) is 2. The van der Waals surface area contributed by atoms with Gasteiger partial charge in [-0.25, -0.2) is 4.39 Å². The monoisotopic (exact) mass is 466 g/mol. The summed E-state index contributed by atoms with van der Waals surface area (Å²) in [5.41, 5.74) is 3.13. The van der Waals surface area contributed by atoms with E-state index >= 15 is 0 Å². The highest BCUT2D eigenvalue weighted by molar-refractivity contribution is 7.18. The molecule has 0 atom stereocenters. The number of nitrogens with one attached hydrogen (secondary N) is 2. The third kappa shape index (κ3) is 5.38. The molecule has 0 saturated heterocycles. The van der Waals surface area contributed by atoms with Crippen LogP contribution in [-0.4, -0.2) is 40.5 Å². The average Bonchev–Trinajstić information content (AvgIpc) is 3.54. The number of benzene rings is 1. The van der Waals surface area contributed by atoms with E-state index in [0.717, 1.165) is 17.7 Å². The topological polar surface area (TPSA) is 91.2 Å². The fourth-order valence-electron chi connectivity index (χ4n) is 3.40. The number of amides is 2. The maximum absolute atomic E-state index is 13.4. The lowest BCUT2D eigenvalue weighted by atomic mass is 10.1. The number of anilines is 1. The van der Waals surface area contributed by atoms with E-state index in [1.54, 1.807) is 36.2 Å². The van der Waals surface area contributed by atoms with Crippen LogP contribution in [0.25, 0.3) is 11.3 Å². The Morgan fingerprint density at radius 2 is 2.06 bits per heavy atom. The Labute approximate surface area is 194 Å². The van der Waals surface area contributed by atoms with Gasteiger partial charge in [-0.05, 0) is 61.7 Å². The van der Waals surface area contributed by atoms with Crippen LogP contribution in [0, 0.1) is 12.7 Å². The number of furan rings is 1. The number of aromatic nitrogens is 2. The first kappa shape index (κ1) is 22.5. The number of thiophene rings is 1. The van der Waals surface area contributed by atoms with E-state index in [0.29, 0.717) is 34.1 Å². The molecular formula is C24H23FN4O3S. The van der Waals surface area contributed by atoms with Crippen molar-refractivity contribution in [2.45, 2.75) is 19.8 Å². The lowest BCUT2D eigenvalue weighted by Gasteiger charge is -2.16. The van der Waals surface area contributed by atoms with Crippen molar-refractivity contribution in [1.82, 2.24) is 15.1 Å². The van der Waals surface area contributed by atoms with Gasteiger partial charge in [-0.1, -0.05) is 12.1 Å². The summed E-state index contributed by atoms with van der Waals surface area (Å²) in [5.74, 6) is -0.540. The normalized spacial score (nSPS) is 10.9. The molecule has 4 aromatic rings. The minimum absolute atomic E-state index is 0.0962. The summed E-state index contributed by atoms with van der Waals surface area (Å²) in [6.45, 7) is 2.40. The number of carbonyl (C=O) groups is 2. The standard InChI is InChI=1S/C24H23FN4O3S/c1-15-12-21(26-23(30)20-9-5-11-32-20)33-22(15)24(31)29(2)10-4-8-18-14-19(28-27-18)16-6-3-7-17(25)13-16/h3,5-7,9,11-14H,4,8,10H2,1-2H3,(H,26,30)(H,27,28). The van der Waals surface area contributed by atoms with E-state index in [2.05, 4.69) is 15.5 Å². The molecule has 7 nitrogen and oxygen atoms in total. The van der Waals surface area contributed by atoms with E-state index in [9.17, 15) is 14.0 Å². The summed E-state index contributed by atoms with van der Waals surface area (Å²) < 4.78 is 18.5. The van der Waals surface area contributed by atoms with Gasteiger partial charge in [-0.2, -0.15) is 5.10 Å². The Morgan fingerprint density at radius 1 is 1.21 bits per heavy atom. The first-order valence-corrected chi connectivity index (χ1v) is 11.2. The molecule has 0 unspecified atom stereocenters. The van der Waals surface area contributed by atoms with E-state index in [4.69, 9.17) is 4.42 Å². The summed E-state index contributed by atoms with van der Waals surface area (Å²) in [4.78, 5) is 27.3. The predicted molar refractivity (Wildman–Crippen MR) is 125 cm³/mol. The summed E-state index contributed by atoms with van der Waals surface area (Å²) in [5, 5.41) is 10.6. The zero-order valence-corrected chi connectivity index (χ0v) is 19.0. The van der Waals surface area contributed by atoms with Crippen molar-refractivity contribution in [3.05, 3.63) is 82.5 Å². The fourth-order valence-corrected chi connectivity index (χ4v) is 4.47. The van der Waals surface area contributed by atoms with Crippen LogP contribution in [0.2, 0.25) is 0 Å². The van der Waals surface area contributed by atoms with E-state index in [1.807, 2.05) is 19.1 Å². The van der Waals surface area contributed by atoms with Crippen LogP contribution < -0.4 is 5.32 Å². The number of H-pyrrole nitrogens is 1. The molecule has 1 aromatic carbocycles. The number of halogens is 1. The third-order valence-electron chi connectivity index (χ3n) is 5.13. The number of aryl methyl sites for hydroxylation is 2. The zero-order valence-electron chi connectivity index (χ0n) is 18.2. The molecule has 0 bridgehead atoms. The summed E-state index contributed by atoms with van der Waals surface area (Å²) in [6.07, 6.45) is 2.87. The van der Waals surface area contributed by atoms with E-state index in [1.165, 1.54) is 29.7 Å². The van der Waals surface area contributed by atoms with E-state index < -0.39 is 0 Å². The lowest BCUT2D eigenvalue weighted by Crippen LogP contribution is -2.27. The summed E-state index contributed by atoms with van der Waals surface area (Å²) in [6, 6.07) is 13.2. The molecule has 0 spiro atoms. The average molecular weight is 467 g/mol. The van der Waals surface area contributed by atoms with Gasteiger partial charge < -0.3 is 14.6 Å². The van der Waals surface area contributed by atoms with Gasteiger partial charge in [0.25, 0.3) is 11.8 Å². The van der Waals surface area contributed by atoms with Gasteiger partial charge in [0.05, 0.1) is 21.8 Å². The molecule has 3 aromatic heterocycles. The zero-order chi connectivity index (χ0) is 23.4. The van der Waals surface area contributed by atoms with Crippen molar-refractivity contribution in [3.8, 4) is 11.3 Å². The number of rotatable bonds is 8. The largest absolute Gasteiger partial charge is 0.459 e. The van der Waals surface area contributed by atoms with Gasteiger partial charge in [0.1, 0.15) is 5.82 Å². The van der Waals surface area contributed by atoms with Crippen LogP contribution in [-0.2, 0) is 6.42 Å². The SMILES string of the molecule is Cc1cc(NC(=O)c2ccco2)sc1C(=O)N(C)CCCc1cc(-c2cccc(F)c2)n[nH]1. The Kier molecular flexibility index (Phi) is 6.69. The van der Waals surface area contributed by atoms with Crippen molar-refractivity contribution < 1.29 is 18.4 Å². The maximum Gasteiger partial charge on any atom is 0.291 e. The Morgan fingerprint density at radius 3 is 2.82 bits per heavy atom. The number of hydrogen-bond donors (Lipinski definition) is 2. The van der Waals surface area contributed by atoms with Gasteiger partial charge in [-0.3, -0.25) is 14.7 Å². The molecule has 33 heavy (non-hydrogen) atoms. The molecule has 9 heteroatoms. The Balaban J connectivity index is 1.31.